The van der Waals surface area contributed by atoms with E-state index in [1.165, 1.54) is 5.57 Å². The van der Waals surface area contributed by atoms with Crippen molar-refractivity contribution in [1.29, 1.82) is 0 Å². The summed E-state index contributed by atoms with van der Waals surface area (Å²) < 4.78 is 0. The van der Waals surface area contributed by atoms with Gasteiger partial charge < -0.3 is 4.90 Å². The summed E-state index contributed by atoms with van der Waals surface area (Å²) in [6, 6.07) is 8.54. The van der Waals surface area contributed by atoms with Crippen molar-refractivity contribution >= 4 is 17.4 Å². The SMILES string of the molecule is CCN1C(c2ccc(Cl)cc2)=NC2C=C(C)C=CC21. The van der Waals surface area contributed by atoms with E-state index in [1.807, 2.05) is 24.3 Å². The minimum atomic E-state index is 0.246. The molecule has 98 valence electrons. The molecule has 1 heterocycles. The first-order valence-electron chi connectivity index (χ1n) is 6.66. The van der Waals surface area contributed by atoms with Crippen LogP contribution >= 0.6 is 11.6 Å². The number of halogens is 1. The van der Waals surface area contributed by atoms with Gasteiger partial charge in [-0.05, 0) is 38.1 Å². The Morgan fingerprint density at radius 2 is 2.00 bits per heavy atom. The molecule has 0 saturated heterocycles. The number of nitrogens with zero attached hydrogens (tertiary/aromatic N) is 2. The maximum absolute atomic E-state index is 5.96. The molecule has 0 radical (unpaired) electrons. The average Bonchev–Trinajstić information content (AvgIpc) is 2.77. The first-order chi connectivity index (χ1) is 9.19. The van der Waals surface area contributed by atoms with Crippen molar-refractivity contribution < 1.29 is 0 Å². The molecule has 2 atom stereocenters. The molecule has 0 amide bonds. The number of benzene rings is 1. The molecule has 1 aromatic carbocycles. The van der Waals surface area contributed by atoms with Gasteiger partial charge in [0.05, 0.1) is 12.1 Å². The lowest BCUT2D eigenvalue weighted by Gasteiger charge is -2.28. The van der Waals surface area contributed by atoms with Gasteiger partial charge in [0.1, 0.15) is 5.84 Å². The number of aliphatic imine (C=N–C) groups is 1. The third-order valence-corrected chi connectivity index (χ3v) is 3.94. The Labute approximate surface area is 119 Å². The molecule has 3 heteroatoms. The van der Waals surface area contributed by atoms with E-state index < -0.39 is 0 Å². The van der Waals surface area contributed by atoms with Crippen LogP contribution in [0.25, 0.3) is 0 Å². The average molecular weight is 273 g/mol. The predicted molar refractivity (Wildman–Crippen MR) is 80.8 cm³/mol. The Kier molecular flexibility index (Phi) is 3.19. The van der Waals surface area contributed by atoms with Crippen LogP contribution in [0.5, 0.6) is 0 Å². The lowest BCUT2D eigenvalue weighted by atomic mass is 9.99. The van der Waals surface area contributed by atoms with Crippen molar-refractivity contribution in [3.05, 3.63) is 58.7 Å². The number of fused-ring (bicyclic) bond motifs is 1. The topological polar surface area (TPSA) is 15.6 Å². The molecular formula is C16H17ClN2. The summed E-state index contributed by atoms with van der Waals surface area (Å²) in [6.45, 7) is 5.26. The quantitative estimate of drug-likeness (QED) is 0.802. The zero-order chi connectivity index (χ0) is 13.4. The second-order valence-corrected chi connectivity index (χ2v) is 5.43. The van der Waals surface area contributed by atoms with Crippen LogP contribution in [-0.2, 0) is 0 Å². The Morgan fingerprint density at radius 1 is 1.26 bits per heavy atom. The van der Waals surface area contributed by atoms with Crippen molar-refractivity contribution in [1.82, 2.24) is 4.90 Å². The zero-order valence-corrected chi connectivity index (χ0v) is 11.9. The second kappa shape index (κ2) is 4.86. The summed E-state index contributed by atoms with van der Waals surface area (Å²) in [7, 11) is 0. The minimum Gasteiger partial charge on any atom is -0.348 e. The molecule has 1 aliphatic heterocycles. The number of amidine groups is 1. The Balaban J connectivity index is 1.98. The van der Waals surface area contributed by atoms with Gasteiger partial charge in [0, 0.05) is 17.1 Å². The van der Waals surface area contributed by atoms with E-state index in [0.29, 0.717) is 6.04 Å². The van der Waals surface area contributed by atoms with Crippen LogP contribution in [0.15, 0.2) is 53.1 Å². The molecule has 1 aromatic rings. The number of allylic oxidation sites excluding steroid dienone is 2. The van der Waals surface area contributed by atoms with Crippen LogP contribution in [0.3, 0.4) is 0 Å². The molecule has 2 aliphatic rings. The zero-order valence-electron chi connectivity index (χ0n) is 11.2. The van der Waals surface area contributed by atoms with E-state index in [1.54, 1.807) is 0 Å². The van der Waals surface area contributed by atoms with Gasteiger partial charge >= 0.3 is 0 Å². The number of likely N-dealkylation sites (N-methyl/N-ethyl adjacent to an activating group) is 1. The standard InChI is InChI=1S/C16H17ClN2/c1-3-19-15-9-4-11(2)10-14(15)18-16(19)12-5-7-13(17)8-6-12/h4-10,14-15H,3H2,1-2H3. The van der Waals surface area contributed by atoms with Crippen LogP contribution in [0.4, 0.5) is 0 Å². The fraction of sp³-hybridized carbons (Fsp3) is 0.312. The number of rotatable bonds is 2. The second-order valence-electron chi connectivity index (χ2n) is 5.00. The van der Waals surface area contributed by atoms with Crippen LogP contribution in [0, 0.1) is 0 Å². The third kappa shape index (κ3) is 2.21. The summed E-state index contributed by atoms with van der Waals surface area (Å²) in [4.78, 5) is 7.24. The van der Waals surface area contributed by atoms with Crippen molar-refractivity contribution in [2.24, 2.45) is 4.99 Å². The first-order valence-corrected chi connectivity index (χ1v) is 7.04. The molecule has 1 aliphatic carbocycles. The third-order valence-electron chi connectivity index (χ3n) is 3.69. The van der Waals surface area contributed by atoms with E-state index in [0.717, 1.165) is 23.0 Å². The highest BCUT2D eigenvalue weighted by atomic mass is 35.5. The normalized spacial score (nSPS) is 25.1. The van der Waals surface area contributed by atoms with Crippen LogP contribution in [0.2, 0.25) is 5.02 Å². The summed E-state index contributed by atoms with van der Waals surface area (Å²) in [5.41, 5.74) is 2.43. The Hall–Kier alpha value is -1.54. The van der Waals surface area contributed by atoms with E-state index in [-0.39, 0.29) is 6.04 Å². The maximum atomic E-state index is 5.96. The molecule has 0 spiro atoms. The van der Waals surface area contributed by atoms with Gasteiger partial charge in [-0.3, -0.25) is 4.99 Å². The van der Waals surface area contributed by atoms with Gasteiger partial charge in [-0.1, -0.05) is 35.4 Å². The Bertz CT molecular complexity index is 569. The number of hydrogen-bond donors (Lipinski definition) is 0. The highest BCUT2D eigenvalue weighted by Crippen LogP contribution is 2.28. The van der Waals surface area contributed by atoms with Gasteiger partial charge in [0.15, 0.2) is 0 Å². The van der Waals surface area contributed by atoms with Gasteiger partial charge in [0.2, 0.25) is 0 Å². The molecule has 0 saturated carbocycles. The highest BCUT2D eigenvalue weighted by molar-refractivity contribution is 6.30. The number of hydrogen-bond acceptors (Lipinski definition) is 2. The van der Waals surface area contributed by atoms with Gasteiger partial charge in [0.25, 0.3) is 0 Å². The molecule has 0 bridgehead atoms. The summed E-state index contributed by atoms with van der Waals surface area (Å²) in [5, 5.41) is 0.762. The first kappa shape index (κ1) is 12.5. The fourth-order valence-electron chi connectivity index (χ4n) is 2.75. The lowest BCUT2D eigenvalue weighted by Crippen LogP contribution is -2.38. The highest BCUT2D eigenvalue weighted by Gasteiger charge is 2.33. The van der Waals surface area contributed by atoms with Crippen LogP contribution in [0.1, 0.15) is 19.4 Å². The molecular weight excluding hydrogens is 256 g/mol. The van der Waals surface area contributed by atoms with E-state index in [9.17, 15) is 0 Å². The molecule has 0 N–H and O–H groups in total. The van der Waals surface area contributed by atoms with Crippen molar-refractivity contribution in [2.75, 3.05) is 6.54 Å². The summed E-state index contributed by atoms with van der Waals surface area (Å²) in [5.74, 6) is 1.07. The van der Waals surface area contributed by atoms with Gasteiger partial charge in [-0.25, -0.2) is 0 Å². The summed E-state index contributed by atoms with van der Waals surface area (Å²) in [6.07, 6.45) is 6.69. The van der Waals surface area contributed by atoms with Crippen molar-refractivity contribution in [2.45, 2.75) is 25.9 Å². The molecule has 19 heavy (non-hydrogen) atoms. The van der Waals surface area contributed by atoms with Gasteiger partial charge in [-0.15, -0.1) is 0 Å². The summed E-state index contributed by atoms with van der Waals surface area (Å²) >= 11 is 5.96. The van der Waals surface area contributed by atoms with E-state index in [2.05, 4.69) is 37.0 Å². The largest absolute Gasteiger partial charge is 0.348 e. The van der Waals surface area contributed by atoms with Crippen LogP contribution in [-0.4, -0.2) is 29.4 Å². The fourth-order valence-corrected chi connectivity index (χ4v) is 2.87. The van der Waals surface area contributed by atoms with Crippen molar-refractivity contribution in [3.8, 4) is 0 Å². The van der Waals surface area contributed by atoms with E-state index in [4.69, 9.17) is 16.6 Å². The molecule has 3 rings (SSSR count). The molecule has 2 nitrogen and oxygen atoms in total. The monoisotopic (exact) mass is 272 g/mol. The lowest BCUT2D eigenvalue weighted by molar-refractivity contribution is 0.386. The Morgan fingerprint density at radius 3 is 2.68 bits per heavy atom. The van der Waals surface area contributed by atoms with E-state index >= 15 is 0 Å². The van der Waals surface area contributed by atoms with Crippen LogP contribution < -0.4 is 0 Å². The molecule has 2 unspecified atom stereocenters. The molecule has 0 fully saturated rings. The van der Waals surface area contributed by atoms with Crippen molar-refractivity contribution in [3.63, 3.8) is 0 Å². The smallest absolute Gasteiger partial charge is 0.132 e. The predicted octanol–water partition coefficient (Wildman–Crippen LogP) is 3.68. The maximum Gasteiger partial charge on any atom is 0.132 e. The minimum absolute atomic E-state index is 0.246. The van der Waals surface area contributed by atoms with Gasteiger partial charge in [-0.2, -0.15) is 0 Å². The molecule has 0 aromatic heterocycles.